The van der Waals surface area contributed by atoms with Gasteiger partial charge in [0, 0.05) is 5.56 Å². The van der Waals surface area contributed by atoms with Crippen molar-refractivity contribution in [3.63, 3.8) is 0 Å². The van der Waals surface area contributed by atoms with Crippen molar-refractivity contribution in [2.24, 2.45) is 0 Å². The summed E-state index contributed by atoms with van der Waals surface area (Å²) in [6.07, 6.45) is 0. The van der Waals surface area contributed by atoms with Gasteiger partial charge in [-0.1, -0.05) is 63.2 Å². The lowest BCUT2D eigenvalue weighted by Crippen LogP contribution is -2.16. The summed E-state index contributed by atoms with van der Waals surface area (Å²) in [4.78, 5) is 0. The maximum atomic E-state index is 14.7. The quantitative estimate of drug-likeness (QED) is 0.652. The van der Waals surface area contributed by atoms with Gasteiger partial charge in [-0.3, -0.25) is 0 Å². The lowest BCUT2D eigenvalue weighted by molar-refractivity contribution is 0.521. The van der Waals surface area contributed by atoms with Crippen LogP contribution in [0.3, 0.4) is 0 Å². The third-order valence-electron chi connectivity index (χ3n) is 3.19. The van der Waals surface area contributed by atoms with E-state index < -0.39 is 0 Å². The summed E-state index contributed by atoms with van der Waals surface area (Å²) in [5.41, 5.74) is 3.26. The van der Waals surface area contributed by atoms with Gasteiger partial charge in [-0.05, 0) is 29.0 Å². The van der Waals surface area contributed by atoms with E-state index in [1.54, 1.807) is 0 Å². The smallest absolute Gasteiger partial charge is 0.135 e. The van der Waals surface area contributed by atoms with Crippen molar-refractivity contribution in [3.8, 4) is 11.1 Å². The van der Waals surface area contributed by atoms with Crippen molar-refractivity contribution < 1.29 is 4.39 Å². The Morgan fingerprint density at radius 2 is 1.50 bits per heavy atom. The molecule has 0 radical (unpaired) electrons. The van der Waals surface area contributed by atoms with Crippen LogP contribution in [-0.2, 0) is 5.41 Å². The fourth-order valence-electron chi connectivity index (χ4n) is 2.43. The van der Waals surface area contributed by atoms with E-state index in [0.29, 0.717) is 5.56 Å². The van der Waals surface area contributed by atoms with Gasteiger partial charge in [0.1, 0.15) is 5.82 Å². The fraction of sp³-hybridized carbons (Fsp3) is 0.294. The van der Waals surface area contributed by atoms with E-state index in [2.05, 4.69) is 0 Å². The van der Waals surface area contributed by atoms with Gasteiger partial charge < -0.3 is 0 Å². The number of benzene rings is 2. The average molecular weight is 242 g/mol. The van der Waals surface area contributed by atoms with Crippen LogP contribution in [0.5, 0.6) is 0 Å². The molecule has 0 aliphatic heterocycles. The Balaban J connectivity index is 2.66. The molecule has 94 valence electrons. The van der Waals surface area contributed by atoms with Crippen molar-refractivity contribution in [2.45, 2.75) is 33.1 Å². The molecule has 2 rings (SSSR count). The molecule has 0 unspecified atom stereocenters. The minimum Gasteiger partial charge on any atom is -0.206 e. The third kappa shape index (κ3) is 2.31. The van der Waals surface area contributed by atoms with Crippen molar-refractivity contribution in [2.75, 3.05) is 0 Å². The molecular formula is C17H19F. The van der Waals surface area contributed by atoms with Gasteiger partial charge in [0.2, 0.25) is 0 Å². The number of rotatable bonds is 1. The molecular weight excluding hydrogens is 223 g/mol. The molecule has 0 N–H and O–H groups in total. The van der Waals surface area contributed by atoms with Crippen LogP contribution in [0, 0.1) is 12.7 Å². The fourth-order valence-corrected chi connectivity index (χ4v) is 2.43. The molecule has 0 heterocycles. The first-order valence-corrected chi connectivity index (χ1v) is 6.26. The molecule has 2 aromatic carbocycles. The van der Waals surface area contributed by atoms with Crippen LogP contribution in [0.1, 0.15) is 31.9 Å². The largest absolute Gasteiger partial charge is 0.206 e. The van der Waals surface area contributed by atoms with E-state index in [0.717, 1.165) is 16.7 Å². The Bertz CT molecular complexity index is 548. The molecule has 0 saturated carbocycles. The SMILES string of the molecule is Cc1ccc(-c2ccccc2)c(F)c1C(C)(C)C. The van der Waals surface area contributed by atoms with E-state index in [1.807, 2.05) is 70.2 Å². The number of hydrogen-bond acceptors (Lipinski definition) is 0. The van der Waals surface area contributed by atoms with E-state index in [4.69, 9.17) is 0 Å². The zero-order chi connectivity index (χ0) is 13.3. The van der Waals surface area contributed by atoms with Crippen LogP contribution in [0.15, 0.2) is 42.5 Å². The van der Waals surface area contributed by atoms with Crippen molar-refractivity contribution in [1.82, 2.24) is 0 Å². The Morgan fingerprint density at radius 1 is 0.889 bits per heavy atom. The molecule has 0 atom stereocenters. The summed E-state index contributed by atoms with van der Waals surface area (Å²) >= 11 is 0. The average Bonchev–Trinajstić information content (AvgIpc) is 2.28. The van der Waals surface area contributed by atoms with Gasteiger partial charge >= 0.3 is 0 Å². The first-order chi connectivity index (χ1) is 8.41. The minimum atomic E-state index is -0.182. The van der Waals surface area contributed by atoms with Crippen LogP contribution in [0.4, 0.5) is 4.39 Å². The number of hydrogen-bond donors (Lipinski definition) is 0. The molecule has 0 fully saturated rings. The van der Waals surface area contributed by atoms with Gasteiger partial charge in [-0.15, -0.1) is 0 Å². The zero-order valence-electron chi connectivity index (χ0n) is 11.4. The van der Waals surface area contributed by atoms with Crippen molar-refractivity contribution >= 4 is 0 Å². The van der Waals surface area contributed by atoms with Crippen LogP contribution in [0.25, 0.3) is 11.1 Å². The molecule has 0 aliphatic carbocycles. The molecule has 0 amide bonds. The van der Waals surface area contributed by atoms with E-state index >= 15 is 0 Å². The second kappa shape index (κ2) is 4.56. The normalized spacial score (nSPS) is 11.6. The highest BCUT2D eigenvalue weighted by Gasteiger charge is 2.23. The Hall–Kier alpha value is -1.63. The minimum absolute atomic E-state index is 0.0892. The van der Waals surface area contributed by atoms with Gasteiger partial charge in [-0.25, -0.2) is 4.39 Å². The van der Waals surface area contributed by atoms with Crippen LogP contribution in [0.2, 0.25) is 0 Å². The predicted molar refractivity (Wildman–Crippen MR) is 75.3 cm³/mol. The zero-order valence-corrected chi connectivity index (χ0v) is 11.4. The molecule has 2 aromatic rings. The third-order valence-corrected chi connectivity index (χ3v) is 3.19. The van der Waals surface area contributed by atoms with Crippen molar-refractivity contribution in [3.05, 3.63) is 59.4 Å². The van der Waals surface area contributed by atoms with E-state index in [-0.39, 0.29) is 11.2 Å². The number of halogens is 1. The van der Waals surface area contributed by atoms with Gasteiger partial charge in [0.05, 0.1) is 0 Å². The summed E-state index contributed by atoms with van der Waals surface area (Å²) in [7, 11) is 0. The molecule has 0 aromatic heterocycles. The topological polar surface area (TPSA) is 0 Å². The molecule has 0 saturated heterocycles. The predicted octanol–water partition coefficient (Wildman–Crippen LogP) is 5.10. The summed E-state index contributed by atoms with van der Waals surface area (Å²) in [5.74, 6) is -0.0892. The lowest BCUT2D eigenvalue weighted by Gasteiger charge is -2.24. The monoisotopic (exact) mass is 242 g/mol. The summed E-state index contributed by atoms with van der Waals surface area (Å²) in [6, 6.07) is 13.6. The molecule has 18 heavy (non-hydrogen) atoms. The van der Waals surface area contributed by atoms with Crippen molar-refractivity contribution in [1.29, 1.82) is 0 Å². The second-order valence-corrected chi connectivity index (χ2v) is 5.74. The summed E-state index contributed by atoms with van der Waals surface area (Å²) < 4.78 is 14.7. The van der Waals surface area contributed by atoms with E-state index in [1.165, 1.54) is 0 Å². The van der Waals surface area contributed by atoms with Crippen LogP contribution >= 0.6 is 0 Å². The second-order valence-electron chi connectivity index (χ2n) is 5.74. The first kappa shape index (κ1) is 12.8. The lowest BCUT2D eigenvalue weighted by atomic mass is 9.82. The van der Waals surface area contributed by atoms with Gasteiger partial charge in [0.25, 0.3) is 0 Å². The molecule has 0 nitrogen and oxygen atoms in total. The Kier molecular flexibility index (Phi) is 3.25. The Labute approximate surface area is 108 Å². The van der Waals surface area contributed by atoms with E-state index in [9.17, 15) is 4.39 Å². The van der Waals surface area contributed by atoms with Gasteiger partial charge in [0.15, 0.2) is 0 Å². The van der Waals surface area contributed by atoms with Crippen LogP contribution in [-0.4, -0.2) is 0 Å². The summed E-state index contributed by atoms with van der Waals surface area (Å²) in [5, 5.41) is 0. The molecule has 0 spiro atoms. The molecule has 1 heteroatoms. The standard InChI is InChI=1S/C17H19F/c1-12-10-11-14(13-8-6-5-7-9-13)16(18)15(12)17(2,3)4/h5-11H,1-4H3. The maximum Gasteiger partial charge on any atom is 0.135 e. The summed E-state index contributed by atoms with van der Waals surface area (Å²) in [6.45, 7) is 8.12. The first-order valence-electron chi connectivity index (χ1n) is 6.26. The van der Waals surface area contributed by atoms with Gasteiger partial charge in [-0.2, -0.15) is 0 Å². The van der Waals surface area contributed by atoms with Crippen LogP contribution < -0.4 is 0 Å². The molecule has 0 bridgehead atoms. The molecule has 0 aliphatic rings. The highest BCUT2D eigenvalue weighted by atomic mass is 19.1. The number of aryl methyl sites for hydroxylation is 1. The highest BCUT2D eigenvalue weighted by Crippen LogP contribution is 2.34. The Morgan fingerprint density at radius 3 is 2.06 bits per heavy atom. The highest BCUT2D eigenvalue weighted by molar-refractivity contribution is 5.66. The maximum absolute atomic E-state index is 14.7.